The molecule has 0 saturated heterocycles. The van der Waals surface area contributed by atoms with E-state index in [0.29, 0.717) is 17.6 Å². The number of aryl methyl sites for hydroxylation is 1. The van der Waals surface area contributed by atoms with Crippen molar-refractivity contribution in [3.05, 3.63) is 51.6 Å². The highest BCUT2D eigenvalue weighted by Gasteiger charge is 2.02. The van der Waals surface area contributed by atoms with Crippen molar-refractivity contribution in [1.82, 2.24) is 10.5 Å². The van der Waals surface area contributed by atoms with Crippen LogP contribution in [0.15, 0.2) is 33.3 Å². The summed E-state index contributed by atoms with van der Waals surface area (Å²) in [6.07, 6.45) is 0. The third kappa shape index (κ3) is 3.38. The summed E-state index contributed by atoms with van der Waals surface area (Å²) in [6.45, 7) is 3.04. The highest BCUT2D eigenvalue weighted by molar-refractivity contribution is 9.10. The lowest BCUT2D eigenvalue weighted by Crippen LogP contribution is -2.12. The van der Waals surface area contributed by atoms with E-state index in [1.807, 2.05) is 19.1 Å². The minimum Gasteiger partial charge on any atom is -0.360 e. The quantitative estimate of drug-likeness (QED) is 0.942. The summed E-state index contributed by atoms with van der Waals surface area (Å²) in [5.41, 5.74) is 1.75. The predicted octanol–water partition coefficient (Wildman–Crippen LogP) is 3.17. The molecule has 0 aliphatic rings. The summed E-state index contributed by atoms with van der Waals surface area (Å²) in [6, 6.07) is 6.94. The van der Waals surface area contributed by atoms with Crippen molar-refractivity contribution < 1.29 is 8.91 Å². The fourth-order valence-electron chi connectivity index (χ4n) is 1.48. The lowest BCUT2D eigenvalue weighted by Gasteiger charge is -2.03. The van der Waals surface area contributed by atoms with E-state index in [-0.39, 0.29) is 5.82 Å². The van der Waals surface area contributed by atoms with Gasteiger partial charge in [-0.25, -0.2) is 4.39 Å². The maximum atomic E-state index is 13.2. The van der Waals surface area contributed by atoms with Crippen LogP contribution in [-0.2, 0) is 13.1 Å². The molecule has 2 aromatic rings. The highest BCUT2D eigenvalue weighted by atomic mass is 79.9. The maximum Gasteiger partial charge on any atom is 0.150 e. The predicted molar refractivity (Wildman–Crippen MR) is 65.9 cm³/mol. The molecule has 0 fully saturated rings. The van der Waals surface area contributed by atoms with Gasteiger partial charge in [-0.1, -0.05) is 11.2 Å². The Bertz CT molecular complexity index is 513. The Morgan fingerprint density at radius 1 is 1.35 bits per heavy atom. The average Bonchev–Trinajstić information content (AvgIpc) is 2.70. The van der Waals surface area contributed by atoms with Crippen LogP contribution in [0.5, 0.6) is 0 Å². The van der Waals surface area contributed by atoms with Gasteiger partial charge < -0.3 is 9.84 Å². The van der Waals surface area contributed by atoms with Crippen molar-refractivity contribution in [2.75, 3.05) is 0 Å². The van der Waals surface area contributed by atoms with E-state index in [1.165, 1.54) is 6.07 Å². The second-order valence-electron chi connectivity index (χ2n) is 3.79. The highest BCUT2D eigenvalue weighted by Crippen LogP contribution is 2.16. The van der Waals surface area contributed by atoms with E-state index in [1.54, 1.807) is 6.07 Å². The summed E-state index contributed by atoms with van der Waals surface area (Å²) >= 11 is 3.12. The standard InChI is InChI=1S/C12H12BrFN2O/c1-8-4-10(17-16-8)7-15-6-9-2-3-11(13)12(14)5-9/h2-5,15H,6-7H2,1H3. The van der Waals surface area contributed by atoms with Crippen molar-refractivity contribution in [2.45, 2.75) is 20.0 Å². The van der Waals surface area contributed by atoms with Gasteiger partial charge in [-0.15, -0.1) is 0 Å². The smallest absolute Gasteiger partial charge is 0.150 e. The van der Waals surface area contributed by atoms with E-state index in [0.717, 1.165) is 17.0 Å². The molecule has 0 saturated carbocycles. The average molecular weight is 299 g/mol. The number of halogens is 2. The summed E-state index contributed by atoms with van der Waals surface area (Å²) in [4.78, 5) is 0. The molecule has 0 amide bonds. The number of hydrogen-bond acceptors (Lipinski definition) is 3. The molecule has 0 spiro atoms. The molecule has 0 bridgehead atoms. The molecular weight excluding hydrogens is 287 g/mol. The molecule has 0 aliphatic carbocycles. The second-order valence-corrected chi connectivity index (χ2v) is 4.64. The lowest BCUT2D eigenvalue weighted by molar-refractivity contribution is 0.369. The van der Waals surface area contributed by atoms with Gasteiger partial charge in [0.25, 0.3) is 0 Å². The molecule has 0 radical (unpaired) electrons. The van der Waals surface area contributed by atoms with E-state index < -0.39 is 0 Å². The van der Waals surface area contributed by atoms with E-state index in [4.69, 9.17) is 4.52 Å². The molecule has 17 heavy (non-hydrogen) atoms. The monoisotopic (exact) mass is 298 g/mol. The molecule has 1 aromatic heterocycles. The van der Waals surface area contributed by atoms with Crippen LogP contribution in [0.4, 0.5) is 4.39 Å². The van der Waals surface area contributed by atoms with E-state index in [9.17, 15) is 4.39 Å². The number of nitrogens with zero attached hydrogens (tertiary/aromatic N) is 1. The fourth-order valence-corrected chi connectivity index (χ4v) is 1.73. The molecule has 1 aromatic carbocycles. The first-order valence-electron chi connectivity index (χ1n) is 5.22. The zero-order chi connectivity index (χ0) is 12.3. The molecule has 2 rings (SSSR count). The van der Waals surface area contributed by atoms with Gasteiger partial charge in [0, 0.05) is 12.6 Å². The van der Waals surface area contributed by atoms with Crippen LogP contribution in [0, 0.1) is 12.7 Å². The van der Waals surface area contributed by atoms with Gasteiger partial charge in [0.05, 0.1) is 16.7 Å². The van der Waals surface area contributed by atoms with Gasteiger partial charge in [-0.3, -0.25) is 0 Å². The van der Waals surface area contributed by atoms with Gasteiger partial charge in [0.1, 0.15) is 5.82 Å². The normalized spacial score (nSPS) is 10.8. The van der Waals surface area contributed by atoms with Crippen LogP contribution < -0.4 is 5.32 Å². The van der Waals surface area contributed by atoms with Gasteiger partial charge in [-0.2, -0.15) is 0 Å². The first kappa shape index (κ1) is 12.3. The first-order chi connectivity index (χ1) is 8.15. The van der Waals surface area contributed by atoms with Gasteiger partial charge >= 0.3 is 0 Å². The molecule has 3 nitrogen and oxygen atoms in total. The lowest BCUT2D eigenvalue weighted by atomic mass is 10.2. The molecule has 90 valence electrons. The molecule has 5 heteroatoms. The first-order valence-corrected chi connectivity index (χ1v) is 6.01. The number of nitrogens with one attached hydrogen (secondary N) is 1. The molecule has 1 N–H and O–H groups in total. The SMILES string of the molecule is Cc1cc(CNCc2ccc(Br)c(F)c2)on1. The minimum absolute atomic E-state index is 0.250. The third-order valence-electron chi connectivity index (χ3n) is 2.29. The topological polar surface area (TPSA) is 38.1 Å². The van der Waals surface area contributed by atoms with E-state index in [2.05, 4.69) is 26.4 Å². The molecule has 0 aliphatic heterocycles. The number of hydrogen-bond donors (Lipinski definition) is 1. The molecule has 0 unspecified atom stereocenters. The summed E-state index contributed by atoms with van der Waals surface area (Å²) in [7, 11) is 0. The van der Waals surface area contributed by atoms with Crippen LogP contribution in [0.3, 0.4) is 0 Å². The Balaban J connectivity index is 1.87. The number of rotatable bonds is 4. The second kappa shape index (κ2) is 5.42. The van der Waals surface area contributed by atoms with Crippen LogP contribution in [0.1, 0.15) is 17.0 Å². The fraction of sp³-hybridized carbons (Fsp3) is 0.250. The van der Waals surface area contributed by atoms with Crippen LogP contribution in [0.25, 0.3) is 0 Å². The third-order valence-corrected chi connectivity index (χ3v) is 2.93. The van der Waals surface area contributed by atoms with Crippen molar-refractivity contribution in [2.24, 2.45) is 0 Å². The van der Waals surface area contributed by atoms with Gasteiger partial charge in [-0.05, 0) is 40.5 Å². The Morgan fingerprint density at radius 3 is 2.82 bits per heavy atom. The van der Waals surface area contributed by atoms with Crippen molar-refractivity contribution in [3.63, 3.8) is 0 Å². The maximum absolute atomic E-state index is 13.2. The Labute approximate surface area is 107 Å². The Morgan fingerprint density at radius 2 is 2.18 bits per heavy atom. The number of benzene rings is 1. The zero-order valence-electron chi connectivity index (χ0n) is 9.34. The van der Waals surface area contributed by atoms with Crippen molar-refractivity contribution >= 4 is 15.9 Å². The Kier molecular flexibility index (Phi) is 3.91. The summed E-state index contributed by atoms with van der Waals surface area (Å²) in [5, 5.41) is 6.95. The van der Waals surface area contributed by atoms with Crippen LogP contribution >= 0.6 is 15.9 Å². The Hall–Kier alpha value is -1.20. The van der Waals surface area contributed by atoms with E-state index >= 15 is 0 Å². The molecule has 1 heterocycles. The van der Waals surface area contributed by atoms with Gasteiger partial charge in [0.2, 0.25) is 0 Å². The molecule has 0 atom stereocenters. The summed E-state index contributed by atoms with van der Waals surface area (Å²) in [5.74, 6) is 0.528. The zero-order valence-corrected chi connectivity index (χ0v) is 10.9. The molecular formula is C12H12BrFN2O. The van der Waals surface area contributed by atoms with Crippen LogP contribution in [0.2, 0.25) is 0 Å². The van der Waals surface area contributed by atoms with Crippen molar-refractivity contribution in [1.29, 1.82) is 0 Å². The van der Waals surface area contributed by atoms with Gasteiger partial charge in [0.15, 0.2) is 5.76 Å². The summed E-state index contributed by atoms with van der Waals surface area (Å²) < 4.78 is 18.8. The number of aromatic nitrogens is 1. The van der Waals surface area contributed by atoms with Crippen molar-refractivity contribution in [3.8, 4) is 0 Å². The van der Waals surface area contributed by atoms with Crippen LogP contribution in [-0.4, -0.2) is 5.16 Å². The largest absolute Gasteiger partial charge is 0.360 e. The minimum atomic E-state index is -0.250.